The van der Waals surface area contributed by atoms with Crippen molar-refractivity contribution in [3.05, 3.63) is 59.7 Å². The molecule has 0 heterocycles. The summed E-state index contributed by atoms with van der Waals surface area (Å²) < 4.78 is 15.7. The molecule has 0 saturated carbocycles. The van der Waals surface area contributed by atoms with Crippen LogP contribution in [0.5, 0.6) is 11.5 Å². The summed E-state index contributed by atoms with van der Waals surface area (Å²) in [4.78, 5) is 11.7. The van der Waals surface area contributed by atoms with Gasteiger partial charge in [-0.15, -0.1) is 0 Å². The Morgan fingerprint density at radius 3 is 2.40 bits per heavy atom. The van der Waals surface area contributed by atoms with Crippen LogP contribution >= 0.6 is 0 Å². The highest BCUT2D eigenvalue weighted by Gasteiger charge is 2.17. The lowest BCUT2D eigenvalue weighted by Crippen LogP contribution is -2.06. The molecule has 0 atom stereocenters. The van der Waals surface area contributed by atoms with Gasteiger partial charge in [0.05, 0.1) is 14.2 Å². The van der Waals surface area contributed by atoms with E-state index in [0.29, 0.717) is 23.7 Å². The van der Waals surface area contributed by atoms with E-state index >= 15 is 0 Å². The summed E-state index contributed by atoms with van der Waals surface area (Å²) in [5.74, 6) is 0.446. The van der Waals surface area contributed by atoms with Gasteiger partial charge in [0, 0.05) is 0 Å². The molecule has 0 aliphatic carbocycles. The smallest absolute Gasteiger partial charge is 0.341 e. The second kappa shape index (κ2) is 6.61. The molecule has 20 heavy (non-hydrogen) atoms. The van der Waals surface area contributed by atoms with E-state index in [9.17, 15) is 4.79 Å². The van der Waals surface area contributed by atoms with E-state index in [-0.39, 0.29) is 0 Å². The first-order valence-electron chi connectivity index (χ1n) is 6.18. The van der Waals surface area contributed by atoms with Crippen LogP contribution in [0.3, 0.4) is 0 Å². The molecule has 2 aromatic carbocycles. The lowest BCUT2D eigenvalue weighted by molar-refractivity contribution is 0.0596. The predicted molar refractivity (Wildman–Crippen MR) is 75.1 cm³/mol. The number of esters is 1. The van der Waals surface area contributed by atoms with Gasteiger partial charge >= 0.3 is 5.97 Å². The summed E-state index contributed by atoms with van der Waals surface area (Å²) in [7, 11) is 2.83. The zero-order valence-electron chi connectivity index (χ0n) is 11.5. The minimum absolute atomic E-state index is 0.348. The number of methoxy groups -OCH3 is 2. The molecular formula is C16H16O4. The normalized spacial score (nSPS) is 9.90. The molecule has 0 aliphatic heterocycles. The Bertz CT molecular complexity index is 578. The second-order valence-corrected chi connectivity index (χ2v) is 4.10. The number of hydrogen-bond acceptors (Lipinski definition) is 4. The maximum absolute atomic E-state index is 11.7. The lowest BCUT2D eigenvalue weighted by atomic mass is 10.2. The van der Waals surface area contributed by atoms with Gasteiger partial charge in [-0.05, 0) is 17.7 Å². The monoisotopic (exact) mass is 272 g/mol. The van der Waals surface area contributed by atoms with Crippen LogP contribution in [0.4, 0.5) is 0 Å². The molecule has 0 spiro atoms. The van der Waals surface area contributed by atoms with Crippen LogP contribution in [-0.2, 0) is 11.3 Å². The Morgan fingerprint density at radius 1 is 1.00 bits per heavy atom. The van der Waals surface area contributed by atoms with Crippen LogP contribution in [0, 0.1) is 0 Å². The highest BCUT2D eigenvalue weighted by Crippen LogP contribution is 2.32. The van der Waals surface area contributed by atoms with Crippen molar-refractivity contribution in [1.82, 2.24) is 0 Å². The van der Waals surface area contributed by atoms with Crippen LogP contribution in [0.1, 0.15) is 15.9 Å². The first-order chi connectivity index (χ1) is 9.76. The maximum atomic E-state index is 11.7. The molecule has 0 fully saturated rings. The van der Waals surface area contributed by atoms with E-state index in [4.69, 9.17) is 14.2 Å². The number of carbonyl (C=O) groups excluding carboxylic acids is 1. The molecule has 0 aliphatic rings. The first kappa shape index (κ1) is 13.9. The van der Waals surface area contributed by atoms with Gasteiger partial charge < -0.3 is 14.2 Å². The van der Waals surface area contributed by atoms with Crippen LogP contribution in [0.25, 0.3) is 0 Å². The average molecular weight is 272 g/mol. The zero-order valence-corrected chi connectivity index (χ0v) is 11.5. The molecule has 2 aromatic rings. The van der Waals surface area contributed by atoms with Crippen molar-refractivity contribution in [1.29, 1.82) is 0 Å². The van der Waals surface area contributed by atoms with Gasteiger partial charge in [0.25, 0.3) is 0 Å². The molecule has 104 valence electrons. The van der Waals surface area contributed by atoms with Crippen molar-refractivity contribution in [2.45, 2.75) is 6.61 Å². The van der Waals surface area contributed by atoms with E-state index in [2.05, 4.69) is 0 Å². The molecular weight excluding hydrogens is 256 g/mol. The first-order valence-corrected chi connectivity index (χ1v) is 6.18. The Labute approximate surface area is 117 Å². The van der Waals surface area contributed by atoms with Crippen molar-refractivity contribution in [3.8, 4) is 11.5 Å². The molecule has 2 rings (SSSR count). The summed E-state index contributed by atoms with van der Waals surface area (Å²) in [6.07, 6.45) is 0. The van der Waals surface area contributed by atoms with Crippen LogP contribution in [-0.4, -0.2) is 20.2 Å². The molecule has 0 bridgehead atoms. The van der Waals surface area contributed by atoms with Gasteiger partial charge in [0.1, 0.15) is 12.2 Å². The van der Waals surface area contributed by atoms with Crippen LogP contribution < -0.4 is 9.47 Å². The van der Waals surface area contributed by atoms with Gasteiger partial charge in [0.15, 0.2) is 11.5 Å². The minimum atomic E-state index is -0.452. The molecule has 0 aromatic heterocycles. The van der Waals surface area contributed by atoms with Crippen molar-refractivity contribution in [2.24, 2.45) is 0 Å². The SMILES string of the molecule is COC(=O)c1cccc(OCc2ccccc2)c1OC. The third-order valence-electron chi connectivity index (χ3n) is 2.83. The summed E-state index contributed by atoms with van der Waals surface area (Å²) in [6.45, 7) is 0.405. The number of benzene rings is 2. The van der Waals surface area contributed by atoms with E-state index in [0.717, 1.165) is 5.56 Å². The number of ether oxygens (including phenoxy) is 3. The van der Waals surface area contributed by atoms with Crippen LogP contribution in [0.15, 0.2) is 48.5 Å². The van der Waals surface area contributed by atoms with Crippen molar-refractivity contribution in [3.63, 3.8) is 0 Å². The summed E-state index contributed by atoms with van der Waals surface area (Å²) in [5.41, 5.74) is 1.39. The van der Waals surface area contributed by atoms with Gasteiger partial charge in [0.2, 0.25) is 0 Å². The van der Waals surface area contributed by atoms with Crippen LogP contribution in [0.2, 0.25) is 0 Å². The Kier molecular flexibility index (Phi) is 4.60. The van der Waals surface area contributed by atoms with Gasteiger partial charge in [-0.25, -0.2) is 4.79 Å². The summed E-state index contributed by atoms with van der Waals surface area (Å²) in [5, 5.41) is 0. The Balaban J connectivity index is 2.21. The van der Waals surface area contributed by atoms with Crippen molar-refractivity contribution >= 4 is 5.97 Å². The lowest BCUT2D eigenvalue weighted by Gasteiger charge is -2.13. The minimum Gasteiger partial charge on any atom is -0.492 e. The highest BCUT2D eigenvalue weighted by atomic mass is 16.5. The van der Waals surface area contributed by atoms with E-state index in [1.807, 2.05) is 30.3 Å². The standard InChI is InChI=1S/C16H16O4/c1-18-15-13(16(17)19-2)9-6-10-14(15)20-11-12-7-4-3-5-8-12/h3-10H,11H2,1-2H3. The molecule has 0 N–H and O–H groups in total. The van der Waals surface area contributed by atoms with Gasteiger partial charge in [-0.1, -0.05) is 36.4 Å². The molecule has 4 heteroatoms. The van der Waals surface area contributed by atoms with E-state index in [1.165, 1.54) is 14.2 Å². The number of para-hydroxylation sites is 1. The predicted octanol–water partition coefficient (Wildman–Crippen LogP) is 3.06. The molecule has 4 nitrogen and oxygen atoms in total. The molecule has 0 saturated heterocycles. The second-order valence-electron chi connectivity index (χ2n) is 4.10. The molecule has 0 amide bonds. The largest absolute Gasteiger partial charge is 0.492 e. The van der Waals surface area contributed by atoms with E-state index in [1.54, 1.807) is 18.2 Å². The fraction of sp³-hybridized carbons (Fsp3) is 0.188. The third-order valence-corrected chi connectivity index (χ3v) is 2.83. The topological polar surface area (TPSA) is 44.8 Å². The van der Waals surface area contributed by atoms with Crippen molar-refractivity contribution < 1.29 is 19.0 Å². The summed E-state index contributed by atoms with van der Waals surface area (Å²) in [6, 6.07) is 14.9. The molecule has 0 radical (unpaired) electrons. The van der Waals surface area contributed by atoms with Crippen molar-refractivity contribution in [2.75, 3.05) is 14.2 Å². The fourth-order valence-corrected chi connectivity index (χ4v) is 1.85. The third kappa shape index (κ3) is 3.09. The Morgan fingerprint density at radius 2 is 1.75 bits per heavy atom. The number of rotatable bonds is 5. The average Bonchev–Trinajstić information content (AvgIpc) is 2.52. The Hall–Kier alpha value is -2.49. The summed E-state index contributed by atoms with van der Waals surface area (Å²) >= 11 is 0. The number of hydrogen-bond donors (Lipinski definition) is 0. The number of carbonyl (C=O) groups is 1. The van der Waals surface area contributed by atoms with Gasteiger partial charge in [-0.2, -0.15) is 0 Å². The maximum Gasteiger partial charge on any atom is 0.341 e. The van der Waals surface area contributed by atoms with Gasteiger partial charge in [-0.3, -0.25) is 0 Å². The quantitative estimate of drug-likeness (QED) is 0.785. The van der Waals surface area contributed by atoms with E-state index < -0.39 is 5.97 Å². The zero-order chi connectivity index (χ0) is 14.4. The fourth-order valence-electron chi connectivity index (χ4n) is 1.85. The highest BCUT2D eigenvalue weighted by molar-refractivity contribution is 5.93. The molecule has 0 unspecified atom stereocenters.